The van der Waals surface area contributed by atoms with Gasteiger partial charge < -0.3 is 30.9 Å². The van der Waals surface area contributed by atoms with Gasteiger partial charge >= 0.3 is 5.97 Å². The van der Waals surface area contributed by atoms with E-state index in [1.807, 2.05) is 12.1 Å². The van der Waals surface area contributed by atoms with E-state index in [4.69, 9.17) is 21.4 Å². The number of halogens is 1. The van der Waals surface area contributed by atoms with Gasteiger partial charge in [-0.05, 0) is 61.1 Å². The Kier molecular flexibility index (Phi) is 7.32. The van der Waals surface area contributed by atoms with Crippen LogP contribution >= 0.6 is 11.6 Å². The molecule has 9 nitrogen and oxygen atoms in total. The predicted molar refractivity (Wildman–Crippen MR) is 138 cm³/mol. The van der Waals surface area contributed by atoms with Crippen molar-refractivity contribution in [2.24, 2.45) is 17.8 Å². The molecule has 5 atom stereocenters. The third kappa shape index (κ3) is 4.87. The number of aliphatic hydroxyl groups is 1. The number of carbonyl (C=O) groups is 1. The van der Waals surface area contributed by atoms with E-state index in [1.165, 1.54) is 17.3 Å². The maximum atomic E-state index is 11.9. The molecule has 0 aliphatic heterocycles. The van der Waals surface area contributed by atoms with Crippen molar-refractivity contribution >= 4 is 35.0 Å². The normalized spacial score (nSPS) is 26.4. The molecule has 10 heteroatoms. The topological polar surface area (TPSA) is 129 Å². The summed E-state index contributed by atoms with van der Waals surface area (Å²) in [5.41, 5.74) is 3.16. The number of ether oxygens (including phenoxy) is 1. The minimum atomic E-state index is -0.809. The van der Waals surface area contributed by atoms with Crippen molar-refractivity contribution in [1.29, 1.82) is 0 Å². The molecule has 2 bridgehead atoms. The van der Waals surface area contributed by atoms with Gasteiger partial charge in [0.05, 0.1) is 31.5 Å². The molecule has 1 fully saturated rings. The van der Waals surface area contributed by atoms with Crippen molar-refractivity contribution in [3.05, 3.63) is 46.6 Å². The van der Waals surface area contributed by atoms with Crippen LogP contribution in [0.3, 0.4) is 0 Å². The van der Waals surface area contributed by atoms with E-state index in [0.717, 1.165) is 43.5 Å². The number of carboxylic acids is 1. The highest BCUT2D eigenvalue weighted by atomic mass is 35.5. The average molecular weight is 514 g/mol. The van der Waals surface area contributed by atoms with Crippen LogP contribution in [0.4, 0.5) is 17.5 Å². The zero-order valence-electron chi connectivity index (χ0n) is 20.2. The van der Waals surface area contributed by atoms with Crippen LogP contribution in [-0.2, 0) is 17.6 Å². The van der Waals surface area contributed by atoms with Crippen LogP contribution in [0, 0.1) is 17.8 Å². The first-order chi connectivity index (χ1) is 17.5. The molecule has 1 aromatic heterocycles. The molecule has 5 N–H and O–H groups in total. The van der Waals surface area contributed by atoms with E-state index in [0.29, 0.717) is 29.4 Å². The molecule has 192 valence electrons. The molecule has 0 spiro atoms. The first-order valence-corrected chi connectivity index (χ1v) is 12.9. The van der Waals surface area contributed by atoms with E-state index in [-0.39, 0.29) is 24.5 Å². The summed E-state index contributed by atoms with van der Waals surface area (Å²) in [5.74, 6) is 0.385. The molecule has 1 aromatic carbocycles. The van der Waals surface area contributed by atoms with Crippen LogP contribution < -0.4 is 20.7 Å². The number of carboxylic acid groups (broad SMARTS) is 1. The van der Waals surface area contributed by atoms with Gasteiger partial charge in [-0.2, -0.15) is 4.98 Å². The lowest BCUT2D eigenvalue weighted by Crippen LogP contribution is -2.38. The second kappa shape index (κ2) is 10.6. The number of hydrogen-bond acceptors (Lipinski definition) is 8. The summed E-state index contributed by atoms with van der Waals surface area (Å²) in [6.07, 6.45) is 10.3. The Morgan fingerprint density at radius 2 is 2.11 bits per heavy atom. The molecular weight excluding hydrogens is 482 g/mol. The second-order valence-corrected chi connectivity index (χ2v) is 10.2. The summed E-state index contributed by atoms with van der Waals surface area (Å²) in [5, 5.41) is 29.2. The monoisotopic (exact) mass is 513 g/mol. The molecule has 0 amide bonds. The Morgan fingerprint density at radius 1 is 1.28 bits per heavy atom. The van der Waals surface area contributed by atoms with Gasteiger partial charge in [-0.15, -0.1) is 0 Å². The zero-order chi connectivity index (χ0) is 25.2. The quantitative estimate of drug-likeness (QED) is 0.253. The number of aromatic nitrogens is 2. The number of allylic oxidation sites excluding steroid dienone is 1. The number of methoxy groups -OCH3 is 1. The molecule has 1 heterocycles. The van der Waals surface area contributed by atoms with Crippen molar-refractivity contribution in [3.8, 4) is 5.75 Å². The van der Waals surface area contributed by atoms with E-state index in [1.54, 1.807) is 7.11 Å². The number of benzene rings is 1. The van der Waals surface area contributed by atoms with Crippen LogP contribution in [-0.4, -0.2) is 58.5 Å². The molecule has 0 radical (unpaired) electrons. The SMILES string of the molecule is COc1c(Nc2ncc(Cl)c(N[C@H]3[C@@H](C(=O)O)[C@@H]4C=C[C@H]3C4)n2)ccc2c1CCCC(NCCO)C2. The van der Waals surface area contributed by atoms with Gasteiger partial charge in [0, 0.05) is 18.6 Å². The molecule has 3 aliphatic carbocycles. The lowest BCUT2D eigenvalue weighted by atomic mass is 9.89. The number of nitrogens with zero attached hydrogens (tertiary/aromatic N) is 2. The van der Waals surface area contributed by atoms with Crippen molar-refractivity contribution in [2.75, 3.05) is 30.9 Å². The Bertz CT molecular complexity index is 1160. The number of rotatable bonds is 9. The Labute approximate surface area is 215 Å². The van der Waals surface area contributed by atoms with Gasteiger partial charge in [-0.3, -0.25) is 4.79 Å². The molecule has 1 saturated carbocycles. The fourth-order valence-corrected chi connectivity index (χ4v) is 6.11. The van der Waals surface area contributed by atoms with Crippen molar-refractivity contribution in [2.45, 2.75) is 44.2 Å². The first kappa shape index (κ1) is 24.8. The zero-order valence-corrected chi connectivity index (χ0v) is 21.0. The average Bonchev–Trinajstić information content (AvgIpc) is 3.41. The smallest absolute Gasteiger partial charge is 0.309 e. The maximum Gasteiger partial charge on any atom is 0.309 e. The van der Waals surface area contributed by atoms with Crippen LogP contribution in [0.5, 0.6) is 5.75 Å². The molecule has 2 aromatic rings. The Balaban J connectivity index is 1.37. The third-order valence-corrected chi connectivity index (χ3v) is 7.87. The van der Waals surface area contributed by atoms with Gasteiger partial charge in [0.15, 0.2) is 5.82 Å². The van der Waals surface area contributed by atoms with Gasteiger partial charge in [0.2, 0.25) is 5.95 Å². The highest BCUT2D eigenvalue weighted by Gasteiger charge is 2.48. The Morgan fingerprint density at radius 3 is 2.89 bits per heavy atom. The summed E-state index contributed by atoms with van der Waals surface area (Å²) in [7, 11) is 1.66. The van der Waals surface area contributed by atoms with Crippen molar-refractivity contribution < 1.29 is 19.7 Å². The first-order valence-electron chi connectivity index (χ1n) is 12.5. The molecule has 5 rings (SSSR count). The fourth-order valence-electron chi connectivity index (χ4n) is 5.96. The van der Waals surface area contributed by atoms with Gasteiger partial charge in [0.1, 0.15) is 10.8 Å². The van der Waals surface area contributed by atoms with Gasteiger partial charge in [-0.25, -0.2) is 4.98 Å². The van der Waals surface area contributed by atoms with Crippen LogP contribution in [0.1, 0.15) is 30.4 Å². The standard InChI is InChI=1S/C26H32ClN5O4/c1-36-23-18-4-2-3-17(28-9-10-33)12-14(18)7-8-20(23)30-26-29-13-19(27)24(32-26)31-22-16-6-5-15(11-16)21(22)25(34)35/h5-8,13,15-17,21-22,28,33H,2-4,9-12H2,1H3,(H,34,35)(H2,29,30,31,32)/t15-,16+,17?,21+,22-/m1/s1. The minimum Gasteiger partial charge on any atom is -0.494 e. The number of nitrogens with one attached hydrogen (secondary N) is 3. The minimum absolute atomic E-state index is 0.0329. The number of aliphatic carboxylic acids is 1. The van der Waals surface area contributed by atoms with Crippen LogP contribution in [0.15, 0.2) is 30.5 Å². The summed E-state index contributed by atoms with van der Waals surface area (Å²) < 4.78 is 5.83. The molecule has 36 heavy (non-hydrogen) atoms. The summed E-state index contributed by atoms with van der Waals surface area (Å²) in [6.45, 7) is 0.718. The number of hydrogen-bond donors (Lipinski definition) is 5. The molecule has 3 aliphatic rings. The highest BCUT2D eigenvalue weighted by molar-refractivity contribution is 6.32. The predicted octanol–water partition coefficient (Wildman–Crippen LogP) is 3.40. The van der Waals surface area contributed by atoms with Crippen molar-refractivity contribution in [1.82, 2.24) is 15.3 Å². The molecule has 0 saturated heterocycles. The van der Waals surface area contributed by atoms with Crippen LogP contribution in [0.25, 0.3) is 0 Å². The van der Waals surface area contributed by atoms with Gasteiger partial charge in [0.25, 0.3) is 0 Å². The number of aliphatic hydroxyl groups excluding tert-OH is 1. The van der Waals surface area contributed by atoms with E-state index in [2.05, 4.69) is 38.1 Å². The van der Waals surface area contributed by atoms with E-state index < -0.39 is 11.9 Å². The lowest BCUT2D eigenvalue weighted by molar-refractivity contribution is -0.142. The maximum absolute atomic E-state index is 11.9. The second-order valence-electron chi connectivity index (χ2n) is 9.75. The summed E-state index contributed by atoms with van der Waals surface area (Å²) in [6, 6.07) is 4.13. The lowest BCUT2D eigenvalue weighted by Gasteiger charge is -2.26. The van der Waals surface area contributed by atoms with E-state index in [9.17, 15) is 9.90 Å². The molecule has 1 unspecified atom stereocenters. The largest absolute Gasteiger partial charge is 0.494 e. The Hall–Kier alpha value is -2.88. The summed E-state index contributed by atoms with van der Waals surface area (Å²) >= 11 is 6.40. The van der Waals surface area contributed by atoms with Crippen LogP contribution in [0.2, 0.25) is 5.02 Å². The van der Waals surface area contributed by atoms with Gasteiger partial charge in [-0.1, -0.05) is 29.8 Å². The molecular formula is C26H32ClN5O4. The highest BCUT2D eigenvalue weighted by Crippen LogP contribution is 2.45. The number of fused-ring (bicyclic) bond motifs is 3. The fraction of sp³-hybridized carbons (Fsp3) is 0.500. The number of anilines is 3. The van der Waals surface area contributed by atoms with E-state index >= 15 is 0 Å². The summed E-state index contributed by atoms with van der Waals surface area (Å²) in [4.78, 5) is 20.8. The third-order valence-electron chi connectivity index (χ3n) is 7.59. The van der Waals surface area contributed by atoms with Crippen molar-refractivity contribution in [3.63, 3.8) is 0 Å².